The van der Waals surface area contributed by atoms with Crippen molar-refractivity contribution < 1.29 is 14.3 Å². The van der Waals surface area contributed by atoms with E-state index in [4.69, 9.17) is 9.15 Å². The van der Waals surface area contributed by atoms with Crippen LogP contribution in [0.5, 0.6) is 0 Å². The molecule has 2 heterocycles. The molecular weight excluding hydrogens is 282 g/mol. The molecule has 1 saturated carbocycles. The highest BCUT2D eigenvalue weighted by molar-refractivity contribution is 5.06. The lowest BCUT2D eigenvalue weighted by atomic mass is 9.58. The Morgan fingerprint density at radius 3 is 2.73 bits per heavy atom. The van der Waals surface area contributed by atoms with Crippen molar-refractivity contribution in [3.63, 3.8) is 0 Å². The Hall–Kier alpha value is -0.980. The lowest BCUT2D eigenvalue weighted by Crippen LogP contribution is -2.62. The van der Waals surface area contributed by atoms with Gasteiger partial charge < -0.3 is 19.2 Å². The second-order valence-electron chi connectivity index (χ2n) is 6.59. The third kappa shape index (κ3) is 3.05. The van der Waals surface area contributed by atoms with Gasteiger partial charge in [0.15, 0.2) is 0 Å². The van der Waals surface area contributed by atoms with Gasteiger partial charge in [-0.3, -0.25) is 0 Å². The Kier molecular flexibility index (Phi) is 4.80. The van der Waals surface area contributed by atoms with Gasteiger partial charge in [0.1, 0.15) is 0 Å². The molecule has 0 bridgehead atoms. The van der Waals surface area contributed by atoms with E-state index in [9.17, 15) is 5.11 Å². The standard InChI is InChI=1S/C16H27N3O3/c1-3-21-14-11-13(20)16(14)6-9-19(10-7-16)8-4-5-15-18-17-12(2)22-15/h13-14,20H,3-11H2,1-2H3. The second-order valence-corrected chi connectivity index (χ2v) is 6.59. The van der Waals surface area contributed by atoms with Crippen LogP contribution in [0.2, 0.25) is 0 Å². The summed E-state index contributed by atoms with van der Waals surface area (Å²) in [6.45, 7) is 7.73. The van der Waals surface area contributed by atoms with E-state index in [-0.39, 0.29) is 17.6 Å². The summed E-state index contributed by atoms with van der Waals surface area (Å²) in [6, 6.07) is 0. The first-order valence-corrected chi connectivity index (χ1v) is 8.45. The predicted octanol–water partition coefficient (Wildman–Crippen LogP) is 1.56. The molecule has 6 nitrogen and oxygen atoms in total. The number of aryl methyl sites for hydroxylation is 2. The monoisotopic (exact) mass is 309 g/mol. The van der Waals surface area contributed by atoms with Gasteiger partial charge in [-0.1, -0.05) is 0 Å². The number of hydrogen-bond acceptors (Lipinski definition) is 6. The molecule has 1 aromatic rings. The van der Waals surface area contributed by atoms with Crippen molar-refractivity contribution in [3.8, 4) is 0 Å². The molecule has 3 rings (SSSR count). The normalized spacial score (nSPS) is 28.0. The van der Waals surface area contributed by atoms with E-state index in [1.807, 2.05) is 13.8 Å². The van der Waals surface area contributed by atoms with Crippen molar-refractivity contribution in [2.45, 2.75) is 58.2 Å². The summed E-state index contributed by atoms with van der Waals surface area (Å²) in [5.41, 5.74) is 0.0239. The van der Waals surface area contributed by atoms with Crippen LogP contribution < -0.4 is 0 Å². The largest absolute Gasteiger partial charge is 0.426 e. The average molecular weight is 309 g/mol. The fourth-order valence-electron chi connectivity index (χ4n) is 3.90. The zero-order valence-electron chi connectivity index (χ0n) is 13.6. The molecule has 1 aromatic heterocycles. The molecule has 1 N–H and O–H groups in total. The summed E-state index contributed by atoms with van der Waals surface area (Å²) in [7, 11) is 0. The van der Waals surface area contributed by atoms with Gasteiger partial charge in [0.2, 0.25) is 11.8 Å². The van der Waals surface area contributed by atoms with Crippen molar-refractivity contribution in [2.24, 2.45) is 5.41 Å². The molecule has 2 atom stereocenters. The molecule has 2 unspecified atom stereocenters. The maximum absolute atomic E-state index is 10.2. The number of hydrogen-bond donors (Lipinski definition) is 1. The van der Waals surface area contributed by atoms with E-state index in [1.54, 1.807) is 0 Å². The van der Waals surface area contributed by atoms with Crippen LogP contribution in [-0.2, 0) is 11.2 Å². The van der Waals surface area contributed by atoms with Crippen LogP contribution >= 0.6 is 0 Å². The SMILES string of the molecule is CCOC1CC(O)C12CCN(CCCc1nnc(C)o1)CC2. The summed E-state index contributed by atoms with van der Waals surface area (Å²) in [4.78, 5) is 2.47. The molecule has 124 valence electrons. The zero-order chi connectivity index (χ0) is 15.6. The summed E-state index contributed by atoms with van der Waals surface area (Å²) in [5, 5.41) is 18.1. The molecular formula is C16H27N3O3. The average Bonchev–Trinajstić information content (AvgIpc) is 2.93. The molecule has 2 fully saturated rings. The second kappa shape index (κ2) is 6.64. The van der Waals surface area contributed by atoms with Gasteiger partial charge >= 0.3 is 0 Å². The van der Waals surface area contributed by atoms with Crippen LogP contribution in [0.1, 0.15) is 44.4 Å². The zero-order valence-corrected chi connectivity index (χ0v) is 13.6. The summed E-state index contributed by atoms with van der Waals surface area (Å²) >= 11 is 0. The molecule has 1 aliphatic heterocycles. The number of likely N-dealkylation sites (tertiary alicyclic amines) is 1. The van der Waals surface area contributed by atoms with E-state index < -0.39 is 0 Å². The number of aromatic nitrogens is 2. The van der Waals surface area contributed by atoms with Crippen molar-refractivity contribution in [1.82, 2.24) is 15.1 Å². The number of aliphatic hydroxyl groups excluding tert-OH is 1. The van der Waals surface area contributed by atoms with Crippen LogP contribution in [0, 0.1) is 12.3 Å². The first kappa shape index (κ1) is 15.9. The predicted molar refractivity (Wildman–Crippen MR) is 81.5 cm³/mol. The minimum atomic E-state index is -0.174. The van der Waals surface area contributed by atoms with Crippen LogP contribution in [0.3, 0.4) is 0 Å². The van der Waals surface area contributed by atoms with Crippen LogP contribution in [-0.4, -0.2) is 58.7 Å². The fraction of sp³-hybridized carbons (Fsp3) is 0.875. The molecule has 1 aliphatic carbocycles. The molecule has 6 heteroatoms. The number of nitrogens with zero attached hydrogens (tertiary/aromatic N) is 3. The highest BCUT2D eigenvalue weighted by atomic mass is 16.5. The summed E-state index contributed by atoms with van der Waals surface area (Å²) in [5.74, 6) is 1.37. The lowest BCUT2D eigenvalue weighted by molar-refractivity contribution is -0.209. The number of ether oxygens (including phenoxy) is 1. The van der Waals surface area contributed by atoms with E-state index >= 15 is 0 Å². The fourth-order valence-corrected chi connectivity index (χ4v) is 3.90. The van der Waals surface area contributed by atoms with E-state index in [2.05, 4.69) is 15.1 Å². The van der Waals surface area contributed by atoms with Gasteiger partial charge in [-0.25, -0.2) is 0 Å². The van der Waals surface area contributed by atoms with E-state index in [0.29, 0.717) is 5.89 Å². The van der Waals surface area contributed by atoms with Gasteiger partial charge in [-0.05, 0) is 45.8 Å². The molecule has 0 amide bonds. The van der Waals surface area contributed by atoms with Gasteiger partial charge in [-0.2, -0.15) is 0 Å². The van der Waals surface area contributed by atoms with Crippen LogP contribution in [0.15, 0.2) is 4.42 Å². The first-order chi connectivity index (χ1) is 10.6. The Labute approximate surface area is 131 Å². The lowest BCUT2D eigenvalue weighted by Gasteiger charge is -2.56. The number of aliphatic hydroxyl groups is 1. The van der Waals surface area contributed by atoms with Gasteiger partial charge in [-0.15, -0.1) is 10.2 Å². The highest BCUT2D eigenvalue weighted by Gasteiger charge is 2.55. The molecule has 1 saturated heterocycles. The van der Waals surface area contributed by atoms with Gasteiger partial charge in [0.25, 0.3) is 0 Å². The molecule has 0 radical (unpaired) electrons. The highest BCUT2D eigenvalue weighted by Crippen LogP contribution is 2.50. The minimum absolute atomic E-state index is 0.0239. The Bertz CT molecular complexity index is 481. The van der Waals surface area contributed by atoms with Crippen molar-refractivity contribution in [3.05, 3.63) is 11.8 Å². The Morgan fingerprint density at radius 2 is 2.14 bits per heavy atom. The first-order valence-electron chi connectivity index (χ1n) is 8.45. The number of piperidine rings is 1. The maximum atomic E-state index is 10.2. The van der Waals surface area contributed by atoms with Gasteiger partial charge in [0, 0.05) is 31.8 Å². The topological polar surface area (TPSA) is 71.6 Å². The minimum Gasteiger partial charge on any atom is -0.426 e. The van der Waals surface area contributed by atoms with E-state index in [1.165, 1.54) is 0 Å². The smallest absolute Gasteiger partial charge is 0.216 e. The Balaban J connectivity index is 1.42. The van der Waals surface area contributed by atoms with Gasteiger partial charge in [0.05, 0.1) is 12.2 Å². The summed E-state index contributed by atoms with van der Waals surface area (Å²) in [6.07, 6.45) is 4.85. The van der Waals surface area contributed by atoms with Crippen LogP contribution in [0.4, 0.5) is 0 Å². The third-order valence-corrected chi connectivity index (χ3v) is 5.33. The maximum Gasteiger partial charge on any atom is 0.216 e. The third-order valence-electron chi connectivity index (χ3n) is 5.33. The summed E-state index contributed by atoms with van der Waals surface area (Å²) < 4.78 is 11.2. The van der Waals surface area contributed by atoms with Crippen LogP contribution in [0.25, 0.3) is 0 Å². The molecule has 0 aromatic carbocycles. The van der Waals surface area contributed by atoms with Crippen molar-refractivity contribution in [2.75, 3.05) is 26.2 Å². The van der Waals surface area contributed by atoms with Crippen molar-refractivity contribution in [1.29, 1.82) is 0 Å². The van der Waals surface area contributed by atoms with E-state index in [0.717, 1.165) is 64.2 Å². The molecule has 1 spiro atoms. The van der Waals surface area contributed by atoms with Crippen molar-refractivity contribution >= 4 is 0 Å². The Morgan fingerprint density at radius 1 is 1.36 bits per heavy atom. The number of rotatable bonds is 6. The quantitative estimate of drug-likeness (QED) is 0.860. The molecule has 2 aliphatic rings. The molecule has 22 heavy (non-hydrogen) atoms.